The summed E-state index contributed by atoms with van der Waals surface area (Å²) >= 11 is 0. The third kappa shape index (κ3) is 3.32. The zero-order chi connectivity index (χ0) is 14.8. The van der Waals surface area contributed by atoms with Crippen LogP contribution in [0, 0.1) is 5.92 Å². The van der Waals surface area contributed by atoms with Gasteiger partial charge in [-0.15, -0.1) is 0 Å². The molecule has 116 valence electrons. The summed E-state index contributed by atoms with van der Waals surface area (Å²) in [5.74, 6) is 1.71. The Morgan fingerprint density at radius 3 is 2.38 bits per heavy atom. The van der Waals surface area contributed by atoms with Crippen molar-refractivity contribution in [1.82, 2.24) is 4.90 Å². The molecule has 0 spiro atoms. The van der Waals surface area contributed by atoms with Crippen molar-refractivity contribution in [2.75, 3.05) is 13.6 Å². The predicted molar refractivity (Wildman–Crippen MR) is 89.4 cm³/mol. The van der Waals surface area contributed by atoms with Crippen LogP contribution in [0.5, 0.6) is 0 Å². The van der Waals surface area contributed by atoms with Crippen LogP contribution in [0.4, 0.5) is 0 Å². The van der Waals surface area contributed by atoms with Crippen molar-refractivity contribution in [3.05, 3.63) is 35.4 Å². The molecule has 1 unspecified atom stereocenters. The SMILES string of the molecule is CC1CCC(N(C)C(CN)c2ccccc2C2CC2)CC1. The lowest BCUT2D eigenvalue weighted by atomic mass is 9.85. The normalized spacial score (nSPS) is 27.8. The fourth-order valence-electron chi connectivity index (χ4n) is 4.00. The highest BCUT2D eigenvalue weighted by Gasteiger charge is 2.31. The van der Waals surface area contributed by atoms with E-state index >= 15 is 0 Å². The van der Waals surface area contributed by atoms with E-state index in [4.69, 9.17) is 5.73 Å². The van der Waals surface area contributed by atoms with Gasteiger partial charge >= 0.3 is 0 Å². The fraction of sp³-hybridized carbons (Fsp3) is 0.684. The monoisotopic (exact) mass is 286 g/mol. The molecule has 21 heavy (non-hydrogen) atoms. The minimum atomic E-state index is 0.389. The van der Waals surface area contributed by atoms with Crippen molar-refractivity contribution in [3.63, 3.8) is 0 Å². The Labute approximate surface area is 129 Å². The van der Waals surface area contributed by atoms with Gasteiger partial charge in [-0.3, -0.25) is 4.90 Å². The van der Waals surface area contributed by atoms with E-state index in [1.54, 1.807) is 5.56 Å². The molecular weight excluding hydrogens is 256 g/mol. The zero-order valence-electron chi connectivity index (χ0n) is 13.6. The Morgan fingerprint density at radius 1 is 1.10 bits per heavy atom. The summed E-state index contributed by atoms with van der Waals surface area (Å²) in [4.78, 5) is 2.58. The van der Waals surface area contributed by atoms with Gasteiger partial charge in [0.2, 0.25) is 0 Å². The quantitative estimate of drug-likeness (QED) is 0.884. The van der Waals surface area contributed by atoms with E-state index in [1.807, 2.05) is 0 Å². The first-order valence-electron chi connectivity index (χ1n) is 8.71. The van der Waals surface area contributed by atoms with Gasteiger partial charge in [-0.1, -0.05) is 31.2 Å². The molecule has 0 bridgehead atoms. The summed E-state index contributed by atoms with van der Waals surface area (Å²) in [6.07, 6.45) is 8.13. The van der Waals surface area contributed by atoms with Gasteiger partial charge in [-0.25, -0.2) is 0 Å². The average molecular weight is 286 g/mol. The van der Waals surface area contributed by atoms with Gasteiger partial charge in [0.15, 0.2) is 0 Å². The van der Waals surface area contributed by atoms with Crippen LogP contribution in [0.3, 0.4) is 0 Å². The highest BCUT2D eigenvalue weighted by atomic mass is 15.2. The van der Waals surface area contributed by atoms with E-state index < -0.39 is 0 Å². The van der Waals surface area contributed by atoms with Crippen molar-refractivity contribution in [1.29, 1.82) is 0 Å². The second kappa shape index (κ2) is 6.50. The highest BCUT2D eigenvalue weighted by Crippen LogP contribution is 2.44. The molecule has 0 aliphatic heterocycles. The van der Waals surface area contributed by atoms with Gasteiger partial charge in [-0.2, -0.15) is 0 Å². The van der Waals surface area contributed by atoms with Gasteiger partial charge in [0.05, 0.1) is 0 Å². The maximum atomic E-state index is 6.19. The average Bonchev–Trinajstić information content (AvgIpc) is 3.34. The molecule has 2 heteroatoms. The Morgan fingerprint density at radius 2 is 1.76 bits per heavy atom. The smallest absolute Gasteiger partial charge is 0.0473 e. The van der Waals surface area contributed by atoms with Crippen molar-refractivity contribution in [2.45, 2.75) is 63.5 Å². The van der Waals surface area contributed by atoms with Crippen LogP contribution in [-0.2, 0) is 0 Å². The zero-order valence-corrected chi connectivity index (χ0v) is 13.6. The number of hydrogen-bond acceptors (Lipinski definition) is 2. The molecule has 2 aliphatic carbocycles. The van der Waals surface area contributed by atoms with Crippen molar-refractivity contribution >= 4 is 0 Å². The number of likely N-dealkylation sites (N-methyl/N-ethyl adjacent to an activating group) is 1. The standard InChI is InChI=1S/C19H30N2/c1-14-7-11-16(12-8-14)21(2)19(13-20)18-6-4-3-5-17(18)15-9-10-15/h3-6,14-16,19H,7-13,20H2,1-2H3. The molecule has 1 atom stereocenters. The molecule has 2 saturated carbocycles. The lowest BCUT2D eigenvalue weighted by Gasteiger charge is -2.39. The molecule has 2 nitrogen and oxygen atoms in total. The van der Waals surface area contributed by atoms with Gasteiger partial charge in [-0.05, 0) is 68.5 Å². The van der Waals surface area contributed by atoms with Gasteiger partial charge in [0.25, 0.3) is 0 Å². The molecule has 2 fully saturated rings. The molecule has 0 heterocycles. The van der Waals surface area contributed by atoms with Gasteiger partial charge < -0.3 is 5.73 Å². The first kappa shape index (κ1) is 15.1. The molecule has 2 N–H and O–H groups in total. The second-order valence-corrected chi connectivity index (χ2v) is 7.23. The molecule has 1 aromatic rings. The van der Waals surface area contributed by atoms with Crippen LogP contribution in [-0.4, -0.2) is 24.5 Å². The van der Waals surface area contributed by atoms with E-state index in [0.717, 1.165) is 18.4 Å². The Bertz CT molecular complexity index is 458. The molecule has 0 aromatic heterocycles. The molecule has 0 saturated heterocycles. The second-order valence-electron chi connectivity index (χ2n) is 7.23. The number of nitrogens with zero attached hydrogens (tertiary/aromatic N) is 1. The fourth-order valence-corrected chi connectivity index (χ4v) is 4.00. The topological polar surface area (TPSA) is 29.3 Å². The first-order chi connectivity index (χ1) is 10.2. The maximum Gasteiger partial charge on any atom is 0.0473 e. The summed E-state index contributed by atoms with van der Waals surface area (Å²) in [6, 6.07) is 10.1. The molecule has 3 rings (SSSR count). The van der Waals surface area contributed by atoms with Crippen LogP contribution < -0.4 is 5.73 Å². The Kier molecular flexibility index (Phi) is 4.66. The molecule has 0 amide bonds. The lowest BCUT2D eigenvalue weighted by Crippen LogP contribution is -2.40. The summed E-state index contributed by atoms with van der Waals surface area (Å²) in [7, 11) is 2.29. The molecule has 0 radical (unpaired) electrons. The number of benzene rings is 1. The maximum absolute atomic E-state index is 6.19. The van der Waals surface area contributed by atoms with Crippen LogP contribution in [0.25, 0.3) is 0 Å². The minimum absolute atomic E-state index is 0.389. The molecule has 1 aromatic carbocycles. The van der Waals surface area contributed by atoms with E-state index in [0.29, 0.717) is 12.1 Å². The molecule has 2 aliphatic rings. The number of rotatable bonds is 5. The summed E-state index contributed by atoms with van der Waals surface area (Å²) in [6.45, 7) is 3.12. The van der Waals surface area contributed by atoms with Gasteiger partial charge in [0.1, 0.15) is 0 Å². The Balaban J connectivity index is 1.78. The number of nitrogens with two attached hydrogens (primary N) is 1. The number of hydrogen-bond donors (Lipinski definition) is 1. The van der Waals surface area contributed by atoms with Crippen molar-refractivity contribution < 1.29 is 0 Å². The largest absolute Gasteiger partial charge is 0.329 e. The van der Waals surface area contributed by atoms with E-state index in [-0.39, 0.29) is 0 Å². The van der Waals surface area contributed by atoms with Crippen LogP contribution in [0.1, 0.15) is 68.5 Å². The van der Waals surface area contributed by atoms with Crippen LogP contribution in [0.15, 0.2) is 24.3 Å². The van der Waals surface area contributed by atoms with E-state index in [9.17, 15) is 0 Å². The van der Waals surface area contributed by atoms with E-state index in [1.165, 1.54) is 44.1 Å². The highest BCUT2D eigenvalue weighted by molar-refractivity contribution is 5.36. The summed E-state index contributed by atoms with van der Waals surface area (Å²) in [5.41, 5.74) is 9.24. The van der Waals surface area contributed by atoms with Gasteiger partial charge in [0, 0.05) is 18.6 Å². The van der Waals surface area contributed by atoms with Crippen LogP contribution >= 0.6 is 0 Å². The molecular formula is C19H30N2. The van der Waals surface area contributed by atoms with Crippen LogP contribution in [0.2, 0.25) is 0 Å². The van der Waals surface area contributed by atoms with Crippen molar-refractivity contribution in [2.24, 2.45) is 11.7 Å². The van der Waals surface area contributed by atoms with E-state index in [2.05, 4.69) is 43.1 Å². The summed E-state index contributed by atoms with van der Waals surface area (Å²) in [5, 5.41) is 0. The lowest BCUT2D eigenvalue weighted by molar-refractivity contribution is 0.126. The first-order valence-corrected chi connectivity index (χ1v) is 8.71. The summed E-state index contributed by atoms with van der Waals surface area (Å²) < 4.78 is 0. The third-order valence-electron chi connectivity index (χ3n) is 5.65. The van der Waals surface area contributed by atoms with Crippen molar-refractivity contribution in [3.8, 4) is 0 Å². The Hall–Kier alpha value is -0.860. The minimum Gasteiger partial charge on any atom is -0.329 e. The third-order valence-corrected chi connectivity index (χ3v) is 5.65. The predicted octanol–water partition coefficient (Wildman–Crippen LogP) is 4.07.